The van der Waals surface area contributed by atoms with Crippen LogP contribution in [0.25, 0.3) is 0 Å². The minimum atomic E-state index is -0.685. The van der Waals surface area contributed by atoms with Crippen molar-refractivity contribution in [2.75, 3.05) is 5.75 Å². The SMILES string of the molecule is CCCCCCCCS(=O)Cc1ccc(C)cc1. The number of hydrogen-bond donors (Lipinski definition) is 0. The van der Waals surface area contributed by atoms with Crippen LogP contribution in [-0.2, 0) is 16.6 Å². The summed E-state index contributed by atoms with van der Waals surface area (Å²) in [5, 5.41) is 0. The molecule has 0 radical (unpaired) electrons. The van der Waals surface area contributed by atoms with Gasteiger partial charge < -0.3 is 0 Å². The van der Waals surface area contributed by atoms with Crippen molar-refractivity contribution in [2.45, 2.75) is 58.1 Å². The second-order valence-electron chi connectivity index (χ2n) is 5.04. The third-order valence-electron chi connectivity index (χ3n) is 3.17. The van der Waals surface area contributed by atoms with Crippen LogP contribution in [0, 0.1) is 6.92 Å². The Bertz CT molecular complexity index is 343. The van der Waals surface area contributed by atoms with Crippen molar-refractivity contribution in [3.05, 3.63) is 35.4 Å². The molecule has 0 amide bonds. The van der Waals surface area contributed by atoms with Crippen molar-refractivity contribution >= 4 is 10.8 Å². The summed E-state index contributed by atoms with van der Waals surface area (Å²) < 4.78 is 11.9. The van der Waals surface area contributed by atoms with Crippen LogP contribution in [0.15, 0.2) is 24.3 Å². The van der Waals surface area contributed by atoms with Gasteiger partial charge in [0.15, 0.2) is 0 Å². The maximum atomic E-state index is 11.9. The molecule has 1 unspecified atom stereocenters. The lowest BCUT2D eigenvalue weighted by molar-refractivity contribution is 0.622. The molecule has 0 N–H and O–H groups in total. The van der Waals surface area contributed by atoms with Gasteiger partial charge in [-0.1, -0.05) is 68.9 Å². The van der Waals surface area contributed by atoms with Gasteiger partial charge in [0.05, 0.1) is 0 Å². The second-order valence-corrected chi connectivity index (χ2v) is 6.62. The van der Waals surface area contributed by atoms with Crippen molar-refractivity contribution in [1.29, 1.82) is 0 Å². The lowest BCUT2D eigenvalue weighted by Crippen LogP contribution is -2.01. The van der Waals surface area contributed by atoms with E-state index in [-0.39, 0.29) is 0 Å². The van der Waals surface area contributed by atoms with Crippen molar-refractivity contribution in [2.24, 2.45) is 0 Å². The Morgan fingerprint density at radius 2 is 1.56 bits per heavy atom. The summed E-state index contributed by atoms with van der Waals surface area (Å²) in [4.78, 5) is 0. The molecule has 102 valence electrons. The van der Waals surface area contributed by atoms with Crippen LogP contribution in [0.4, 0.5) is 0 Å². The molecule has 1 aromatic rings. The first-order chi connectivity index (χ1) is 8.72. The van der Waals surface area contributed by atoms with E-state index in [2.05, 4.69) is 38.1 Å². The molecule has 1 nitrogen and oxygen atoms in total. The lowest BCUT2D eigenvalue weighted by atomic mass is 10.1. The maximum Gasteiger partial charge on any atom is 0.0485 e. The highest BCUT2D eigenvalue weighted by Crippen LogP contribution is 2.09. The summed E-state index contributed by atoms with van der Waals surface area (Å²) in [6.45, 7) is 4.31. The first-order valence-corrected chi connectivity index (χ1v) is 8.61. The molecule has 0 saturated heterocycles. The molecule has 1 atom stereocenters. The highest BCUT2D eigenvalue weighted by molar-refractivity contribution is 7.84. The van der Waals surface area contributed by atoms with E-state index in [1.165, 1.54) is 43.2 Å². The molecule has 0 fully saturated rings. The third-order valence-corrected chi connectivity index (χ3v) is 4.57. The van der Waals surface area contributed by atoms with E-state index < -0.39 is 10.8 Å². The summed E-state index contributed by atoms with van der Waals surface area (Å²) in [5.74, 6) is 1.58. The molecule has 0 aromatic heterocycles. The van der Waals surface area contributed by atoms with E-state index in [0.717, 1.165) is 17.9 Å². The molecule has 1 rings (SSSR count). The Labute approximate surface area is 114 Å². The van der Waals surface area contributed by atoms with Crippen molar-refractivity contribution in [3.8, 4) is 0 Å². The van der Waals surface area contributed by atoms with Gasteiger partial charge in [-0.2, -0.15) is 0 Å². The van der Waals surface area contributed by atoms with Crippen LogP contribution in [0.2, 0.25) is 0 Å². The van der Waals surface area contributed by atoms with Crippen LogP contribution in [0.5, 0.6) is 0 Å². The molecule has 0 aliphatic heterocycles. The van der Waals surface area contributed by atoms with Gasteiger partial charge in [0.25, 0.3) is 0 Å². The molecule has 0 aliphatic carbocycles. The monoisotopic (exact) mass is 266 g/mol. The van der Waals surface area contributed by atoms with Crippen LogP contribution in [0.3, 0.4) is 0 Å². The van der Waals surface area contributed by atoms with Gasteiger partial charge in [-0.3, -0.25) is 4.21 Å². The van der Waals surface area contributed by atoms with E-state index in [0.29, 0.717) is 0 Å². The van der Waals surface area contributed by atoms with Gasteiger partial charge in [-0.25, -0.2) is 0 Å². The summed E-state index contributed by atoms with van der Waals surface area (Å²) in [5.41, 5.74) is 2.46. The second kappa shape index (κ2) is 9.32. The fourth-order valence-electron chi connectivity index (χ4n) is 1.99. The average molecular weight is 266 g/mol. The van der Waals surface area contributed by atoms with Gasteiger partial charge in [0, 0.05) is 22.3 Å². The zero-order valence-electron chi connectivity index (χ0n) is 11.8. The third kappa shape index (κ3) is 6.95. The number of unbranched alkanes of at least 4 members (excludes halogenated alkanes) is 5. The normalized spacial score (nSPS) is 12.6. The Morgan fingerprint density at radius 3 is 2.22 bits per heavy atom. The number of rotatable bonds is 9. The average Bonchev–Trinajstić information content (AvgIpc) is 2.36. The molecule has 2 heteroatoms. The summed E-state index contributed by atoms with van der Waals surface area (Å²) in [6.07, 6.45) is 7.62. The highest BCUT2D eigenvalue weighted by Gasteiger charge is 2.01. The molecular formula is C16H26OS. The standard InChI is InChI=1S/C16H26OS/c1-3-4-5-6-7-8-13-18(17)14-16-11-9-15(2)10-12-16/h9-12H,3-8,13-14H2,1-2H3. The predicted molar refractivity (Wildman–Crippen MR) is 81.3 cm³/mol. The molecule has 0 spiro atoms. The van der Waals surface area contributed by atoms with E-state index in [4.69, 9.17) is 0 Å². The Kier molecular flexibility index (Phi) is 7.99. The van der Waals surface area contributed by atoms with Gasteiger partial charge >= 0.3 is 0 Å². The van der Waals surface area contributed by atoms with Crippen LogP contribution in [-0.4, -0.2) is 9.96 Å². The smallest absolute Gasteiger partial charge is 0.0485 e. The number of benzene rings is 1. The number of hydrogen-bond acceptors (Lipinski definition) is 1. The Morgan fingerprint density at radius 1 is 0.944 bits per heavy atom. The summed E-state index contributed by atoms with van der Waals surface area (Å²) in [7, 11) is -0.685. The van der Waals surface area contributed by atoms with Crippen LogP contribution in [0.1, 0.15) is 56.6 Å². The fraction of sp³-hybridized carbons (Fsp3) is 0.625. The topological polar surface area (TPSA) is 17.1 Å². The maximum absolute atomic E-state index is 11.9. The van der Waals surface area contributed by atoms with Gasteiger partial charge in [0.2, 0.25) is 0 Å². The summed E-state index contributed by atoms with van der Waals surface area (Å²) in [6, 6.07) is 8.37. The minimum absolute atomic E-state index is 0.685. The fourth-order valence-corrected chi connectivity index (χ4v) is 3.22. The van der Waals surface area contributed by atoms with Crippen LogP contribution < -0.4 is 0 Å². The zero-order chi connectivity index (χ0) is 13.2. The van der Waals surface area contributed by atoms with Crippen molar-refractivity contribution in [1.82, 2.24) is 0 Å². The molecule has 1 aromatic carbocycles. The number of aryl methyl sites for hydroxylation is 1. The first-order valence-electron chi connectivity index (χ1n) is 7.13. The molecule has 0 bridgehead atoms. The molecule has 0 saturated carbocycles. The predicted octanol–water partition coefficient (Wildman–Crippen LogP) is 4.60. The van der Waals surface area contributed by atoms with Crippen LogP contribution >= 0.6 is 0 Å². The van der Waals surface area contributed by atoms with Gasteiger partial charge in [0.1, 0.15) is 0 Å². The van der Waals surface area contributed by atoms with Gasteiger partial charge in [-0.15, -0.1) is 0 Å². The largest absolute Gasteiger partial charge is 0.259 e. The first kappa shape index (κ1) is 15.4. The molecule has 0 aliphatic rings. The van der Waals surface area contributed by atoms with E-state index in [1.54, 1.807) is 0 Å². The van der Waals surface area contributed by atoms with Crippen molar-refractivity contribution < 1.29 is 4.21 Å². The Balaban J connectivity index is 2.12. The zero-order valence-corrected chi connectivity index (χ0v) is 12.6. The minimum Gasteiger partial charge on any atom is -0.259 e. The molecule has 0 heterocycles. The van der Waals surface area contributed by atoms with E-state index in [1.807, 2.05) is 0 Å². The Hall–Kier alpha value is -0.630. The molecule has 18 heavy (non-hydrogen) atoms. The summed E-state index contributed by atoms with van der Waals surface area (Å²) >= 11 is 0. The lowest BCUT2D eigenvalue weighted by Gasteiger charge is -2.03. The van der Waals surface area contributed by atoms with Gasteiger partial charge in [-0.05, 0) is 18.9 Å². The quantitative estimate of drug-likeness (QED) is 0.597. The highest BCUT2D eigenvalue weighted by atomic mass is 32.2. The molecular weight excluding hydrogens is 240 g/mol. The van der Waals surface area contributed by atoms with E-state index >= 15 is 0 Å². The van der Waals surface area contributed by atoms with Crippen molar-refractivity contribution in [3.63, 3.8) is 0 Å². The van der Waals surface area contributed by atoms with E-state index in [9.17, 15) is 4.21 Å².